The van der Waals surface area contributed by atoms with Crippen molar-refractivity contribution in [2.24, 2.45) is 0 Å². The van der Waals surface area contributed by atoms with E-state index in [0.717, 1.165) is 12.2 Å². The number of hydrogen-bond donors (Lipinski definition) is 1. The van der Waals surface area contributed by atoms with E-state index in [4.69, 9.17) is 5.73 Å². The number of nitrogens with zero attached hydrogens (tertiary/aromatic N) is 2. The first-order valence-electron chi connectivity index (χ1n) is 4.92. The summed E-state index contributed by atoms with van der Waals surface area (Å²) in [5, 5.41) is 0. The first-order valence-corrected chi connectivity index (χ1v) is 4.92. The summed E-state index contributed by atoms with van der Waals surface area (Å²) in [7, 11) is 2.06. The molecule has 0 aliphatic carbocycles. The average molecular weight is 193 g/mol. The molecule has 0 amide bonds. The number of aromatic nitrogens is 1. The smallest absolute Gasteiger partial charge is 0.128 e. The van der Waals surface area contributed by atoms with Gasteiger partial charge < -0.3 is 10.6 Å². The van der Waals surface area contributed by atoms with Crippen molar-refractivity contribution < 1.29 is 0 Å². The molecule has 3 nitrogen and oxygen atoms in total. The molecule has 0 unspecified atom stereocenters. The maximum absolute atomic E-state index is 5.59. The molecule has 0 saturated carbocycles. The second-order valence-electron chi connectivity index (χ2n) is 4.17. The van der Waals surface area contributed by atoms with E-state index in [1.54, 1.807) is 6.20 Å². The minimum atomic E-state index is 0.128. The fourth-order valence-electron chi connectivity index (χ4n) is 1.14. The molecule has 1 rings (SSSR count). The van der Waals surface area contributed by atoms with Gasteiger partial charge in [0.15, 0.2) is 0 Å². The van der Waals surface area contributed by atoms with Crippen molar-refractivity contribution in [2.75, 3.05) is 17.7 Å². The van der Waals surface area contributed by atoms with Crippen LogP contribution in [0.15, 0.2) is 18.3 Å². The lowest BCUT2D eigenvalue weighted by molar-refractivity contribution is 0.467. The van der Waals surface area contributed by atoms with Gasteiger partial charge in [0.25, 0.3) is 0 Å². The van der Waals surface area contributed by atoms with E-state index in [0.29, 0.717) is 5.69 Å². The van der Waals surface area contributed by atoms with Gasteiger partial charge in [-0.15, -0.1) is 0 Å². The summed E-state index contributed by atoms with van der Waals surface area (Å²) >= 11 is 0. The van der Waals surface area contributed by atoms with Gasteiger partial charge in [0.2, 0.25) is 0 Å². The predicted octanol–water partition coefficient (Wildman–Crippen LogP) is 2.29. The molecule has 0 aromatic carbocycles. The number of anilines is 2. The summed E-state index contributed by atoms with van der Waals surface area (Å²) in [5.41, 5.74) is 6.42. The van der Waals surface area contributed by atoms with Crippen molar-refractivity contribution in [3.05, 3.63) is 18.3 Å². The highest BCUT2D eigenvalue weighted by atomic mass is 15.2. The zero-order chi connectivity index (χ0) is 10.8. The molecular weight excluding hydrogens is 174 g/mol. The van der Waals surface area contributed by atoms with Crippen molar-refractivity contribution in [3.8, 4) is 0 Å². The van der Waals surface area contributed by atoms with Crippen LogP contribution in [0.25, 0.3) is 0 Å². The summed E-state index contributed by atoms with van der Waals surface area (Å²) in [6, 6.07) is 3.83. The molecule has 0 spiro atoms. The molecule has 1 heterocycles. The van der Waals surface area contributed by atoms with Crippen LogP contribution < -0.4 is 10.6 Å². The Labute approximate surface area is 85.9 Å². The van der Waals surface area contributed by atoms with Gasteiger partial charge in [-0.25, -0.2) is 4.98 Å². The van der Waals surface area contributed by atoms with Crippen molar-refractivity contribution in [1.29, 1.82) is 0 Å². The van der Waals surface area contributed by atoms with Gasteiger partial charge in [-0.3, -0.25) is 0 Å². The Balaban J connectivity index is 2.89. The Kier molecular flexibility index (Phi) is 2.99. The summed E-state index contributed by atoms with van der Waals surface area (Å²) < 4.78 is 0. The minimum Gasteiger partial charge on any atom is -0.397 e. The SMILES string of the molecule is CCC(C)(C)N(C)c1ccc(N)cn1. The van der Waals surface area contributed by atoms with E-state index in [9.17, 15) is 0 Å². The van der Waals surface area contributed by atoms with Crippen molar-refractivity contribution in [2.45, 2.75) is 32.7 Å². The van der Waals surface area contributed by atoms with Crippen LogP contribution in [0, 0.1) is 0 Å². The normalized spacial score (nSPS) is 11.4. The first-order chi connectivity index (χ1) is 6.47. The molecule has 0 fully saturated rings. The molecule has 0 saturated heterocycles. The second-order valence-corrected chi connectivity index (χ2v) is 4.17. The Bertz CT molecular complexity index is 290. The summed E-state index contributed by atoms with van der Waals surface area (Å²) in [4.78, 5) is 6.47. The van der Waals surface area contributed by atoms with E-state index in [-0.39, 0.29) is 5.54 Å². The Morgan fingerprint density at radius 3 is 2.50 bits per heavy atom. The Hall–Kier alpha value is -1.25. The summed E-state index contributed by atoms with van der Waals surface area (Å²) in [6.45, 7) is 6.57. The van der Waals surface area contributed by atoms with Gasteiger partial charge in [-0.05, 0) is 32.4 Å². The maximum atomic E-state index is 5.59. The molecular formula is C11H19N3. The van der Waals surface area contributed by atoms with E-state index < -0.39 is 0 Å². The third-order valence-electron chi connectivity index (χ3n) is 2.89. The fraction of sp³-hybridized carbons (Fsp3) is 0.545. The molecule has 0 aliphatic rings. The first kappa shape index (κ1) is 10.8. The quantitative estimate of drug-likeness (QED) is 0.800. The van der Waals surface area contributed by atoms with E-state index in [1.807, 2.05) is 12.1 Å². The molecule has 0 bridgehead atoms. The van der Waals surface area contributed by atoms with Gasteiger partial charge in [0.05, 0.1) is 11.9 Å². The second kappa shape index (κ2) is 3.86. The zero-order valence-corrected chi connectivity index (χ0v) is 9.41. The number of hydrogen-bond acceptors (Lipinski definition) is 3. The van der Waals surface area contributed by atoms with Crippen LogP contribution >= 0.6 is 0 Å². The van der Waals surface area contributed by atoms with Crippen LogP contribution in [0.4, 0.5) is 11.5 Å². The summed E-state index contributed by atoms with van der Waals surface area (Å²) in [5.74, 6) is 0.964. The monoisotopic (exact) mass is 193 g/mol. The topological polar surface area (TPSA) is 42.1 Å². The van der Waals surface area contributed by atoms with Crippen LogP contribution in [-0.4, -0.2) is 17.6 Å². The van der Waals surface area contributed by atoms with Gasteiger partial charge in [0, 0.05) is 12.6 Å². The van der Waals surface area contributed by atoms with E-state index >= 15 is 0 Å². The van der Waals surface area contributed by atoms with Crippen LogP contribution in [0.1, 0.15) is 27.2 Å². The van der Waals surface area contributed by atoms with Crippen molar-refractivity contribution in [1.82, 2.24) is 4.98 Å². The van der Waals surface area contributed by atoms with Crippen LogP contribution in [0.3, 0.4) is 0 Å². The van der Waals surface area contributed by atoms with E-state index in [1.165, 1.54) is 0 Å². The molecule has 14 heavy (non-hydrogen) atoms. The number of nitrogen functional groups attached to an aromatic ring is 1. The average Bonchev–Trinajstić information content (AvgIpc) is 2.18. The molecule has 0 atom stereocenters. The largest absolute Gasteiger partial charge is 0.397 e. The Morgan fingerprint density at radius 1 is 1.43 bits per heavy atom. The van der Waals surface area contributed by atoms with Gasteiger partial charge in [-0.1, -0.05) is 6.92 Å². The Morgan fingerprint density at radius 2 is 2.07 bits per heavy atom. The molecule has 0 radical (unpaired) electrons. The maximum Gasteiger partial charge on any atom is 0.128 e. The number of pyridine rings is 1. The lowest BCUT2D eigenvalue weighted by Crippen LogP contribution is -2.40. The molecule has 2 N–H and O–H groups in total. The van der Waals surface area contributed by atoms with E-state index in [2.05, 4.69) is 37.7 Å². The molecule has 1 aromatic heterocycles. The molecule has 78 valence electrons. The number of nitrogens with two attached hydrogens (primary N) is 1. The predicted molar refractivity (Wildman–Crippen MR) is 61.4 cm³/mol. The third kappa shape index (κ3) is 2.16. The third-order valence-corrected chi connectivity index (χ3v) is 2.89. The molecule has 1 aromatic rings. The van der Waals surface area contributed by atoms with Gasteiger partial charge >= 0.3 is 0 Å². The highest BCUT2D eigenvalue weighted by molar-refractivity contribution is 5.46. The zero-order valence-electron chi connectivity index (χ0n) is 9.41. The standard InChI is InChI=1S/C11H19N3/c1-5-11(2,3)14(4)10-7-6-9(12)8-13-10/h6-8H,5,12H2,1-4H3. The molecule has 0 aliphatic heterocycles. The van der Waals surface area contributed by atoms with Crippen molar-refractivity contribution >= 4 is 11.5 Å². The van der Waals surface area contributed by atoms with Crippen LogP contribution in [-0.2, 0) is 0 Å². The number of rotatable bonds is 3. The van der Waals surface area contributed by atoms with Gasteiger partial charge in [0.1, 0.15) is 5.82 Å². The lowest BCUT2D eigenvalue weighted by atomic mass is 10.00. The highest BCUT2D eigenvalue weighted by Gasteiger charge is 2.21. The fourth-order valence-corrected chi connectivity index (χ4v) is 1.14. The lowest BCUT2D eigenvalue weighted by Gasteiger charge is -2.35. The minimum absolute atomic E-state index is 0.128. The molecule has 3 heteroatoms. The van der Waals surface area contributed by atoms with Crippen LogP contribution in [0.2, 0.25) is 0 Å². The van der Waals surface area contributed by atoms with Crippen LogP contribution in [0.5, 0.6) is 0 Å². The van der Waals surface area contributed by atoms with Crippen molar-refractivity contribution in [3.63, 3.8) is 0 Å². The van der Waals surface area contributed by atoms with Gasteiger partial charge in [-0.2, -0.15) is 0 Å². The summed E-state index contributed by atoms with van der Waals surface area (Å²) in [6.07, 6.45) is 2.77. The highest BCUT2D eigenvalue weighted by Crippen LogP contribution is 2.22.